The van der Waals surface area contributed by atoms with Crippen molar-refractivity contribution < 1.29 is 23.9 Å². The van der Waals surface area contributed by atoms with Crippen LogP contribution in [0.25, 0.3) is 0 Å². The van der Waals surface area contributed by atoms with E-state index in [1.165, 1.54) is 0 Å². The number of ether oxygens (including phenoxy) is 2. The summed E-state index contributed by atoms with van der Waals surface area (Å²) in [5.74, 6) is 1.06. The Morgan fingerprint density at radius 1 is 0.957 bits per heavy atom. The molecule has 23 heavy (non-hydrogen) atoms. The summed E-state index contributed by atoms with van der Waals surface area (Å²) < 4.78 is 10.7. The quantitative estimate of drug-likeness (QED) is 0.778. The van der Waals surface area contributed by atoms with Gasteiger partial charge in [0.1, 0.15) is 17.0 Å². The minimum Gasteiger partial charge on any atom is -0.443 e. The molecule has 2 saturated carbocycles. The van der Waals surface area contributed by atoms with E-state index in [0.29, 0.717) is 24.7 Å². The molecule has 0 aromatic carbocycles. The van der Waals surface area contributed by atoms with Crippen LogP contribution in [0.4, 0.5) is 9.59 Å². The van der Waals surface area contributed by atoms with Crippen molar-refractivity contribution in [3.8, 4) is 0 Å². The largest absolute Gasteiger partial charge is 0.443 e. The number of nitrogens with zero attached hydrogens (tertiary/aromatic N) is 1. The Kier molecular flexibility index (Phi) is 4.48. The van der Waals surface area contributed by atoms with Gasteiger partial charge in [0.25, 0.3) is 0 Å². The van der Waals surface area contributed by atoms with Crippen molar-refractivity contribution in [1.29, 1.82) is 0 Å². The van der Waals surface area contributed by atoms with Crippen LogP contribution < -0.4 is 0 Å². The fourth-order valence-electron chi connectivity index (χ4n) is 3.08. The Labute approximate surface area is 137 Å². The third-order valence-electron chi connectivity index (χ3n) is 4.06. The number of Topliss-reactive ketones (excluding diaryl/α,β-unsaturated/α-hetero) is 1. The van der Waals surface area contributed by atoms with Crippen molar-refractivity contribution in [2.45, 2.75) is 65.6 Å². The van der Waals surface area contributed by atoms with Gasteiger partial charge in [-0.2, -0.15) is 0 Å². The predicted octanol–water partition coefficient (Wildman–Crippen LogP) is 3.38. The minimum atomic E-state index is -0.692. The first-order valence-electron chi connectivity index (χ1n) is 8.12. The molecule has 0 aliphatic heterocycles. The summed E-state index contributed by atoms with van der Waals surface area (Å²) in [6, 6.07) is 0. The molecule has 130 valence electrons. The van der Waals surface area contributed by atoms with E-state index >= 15 is 0 Å². The van der Waals surface area contributed by atoms with E-state index in [1.807, 2.05) is 0 Å². The van der Waals surface area contributed by atoms with Gasteiger partial charge in [-0.15, -0.1) is 0 Å². The molecule has 3 atom stereocenters. The maximum atomic E-state index is 12.4. The molecule has 0 bridgehead atoms. The Bertz CT molecular complexity index is 472. The summed E-state index contributed by atoms with van der Waals surface area (Å²) in [4.78, 5) is 37.1. The Morgan fingerprint density at radius 3 is 1.70 bits per heavy atom. The van der Waals surface area contributed by atoms with E-state index in [4.69, 9.17) is 9.47 Å². The maximum absolute atomic E-state index is 12.4. The summed E-state index contributed by atoms with van der Waals surface area (Å²) in [6.07, 6.45) is -0.261. The monoisotopic (exact) mass is 325 g/mol. The number of fused-ring (bicyclic) bond motifs is 1. The highest BCUT2D eigenvalue weighted by Gasteiger charge is 2.57. The second kappa shape index (κ2) is 5.80. The molecule has 6 nitrogen and oxygen atoms in total. The zero-order valence-corrected chi connectivity index (χ0v) is 14.8. The normalized spacial score (nSPS) is 26.5. The van der Waals surface area contributed by atoms with Crippen LogP contribution in [-0.4, -0.2) is 40.6 Å². The number of imide groups is 1. The lowest BCUT2D eigenvalue weighted by Gasteiger charge is -2.29. The smallest absolute Gasteiger partial charge is 0.419 e. The number of carbonyl (C=O) groups excluding carboxylic acids is 3. The molecule has 2 rings (SSSR count). The number of hydrogen-bond donors (Lipinski definition) is 0. The zero-order valence-electron chi connectivity index (χ0n) is 14.8. The average molecular weight is 325 g/mol. The van der Waals surface area contributed by atoms with Crippen LogP contribution in [0.1, 0.15) is 54.4 Å². The summed E-state index contributed by atoms with van der Waals surface area (Å²) in [5, 5.41) is 0. The third-order valence-corrected chi connectivity index (χ3v) is 4.06. The highest BCUT2D eigenvalue weighted by molar-refractivity contribution is 5.88. The molecule has 0 spiro atoms. The number of hydrogen-bond acceptors (Lipinski definition) is 5. The van der Waals surface area contributed by atoms with Gasteiger partial charge < -0.3 is 9.47 Å². The fourth-order valence-corrected chi connectivity index (χ4v) is 3.08. The first-order chi connectivity index (χ1) is 10.4. The molecule has 0 heterocycles. The molecule has 0 aromatic heterocycles. The van der Waals surface area contributed by atoms with Crippen LogP contribution in [0.15, 0.2) is 0 Å². The van der Waals surface area contributed by atoms with Crippen molar-refractivity contribution >= 4 is 18.0 Å². The molecule has 0 radical (unpaired) electrons. The number of rotatable bonds is 2. The molecule has 6 heteroatoms. The van der Waals surface area contributed by atoms with Crippen molar-refractivity contribution in [1.82, 2.24) is 4.90 Å². The van der Waals surface area contributed by atoms with Crippen LogP contribution in [0.2, 0.25) is 0 Å². The lowest BCUT2D eigenvalue weighted by atomic mass is 10.1. The van der Waals surface area contributed by atoms with Gasteiger partial charge in [0, 0.05) is 19.4 Å². The highest BCUT2D eigenvalue weighted by atomic mass is 16.6. The summed E-state index contributed by atoms with van der Waals surface area (Å²) in [7, 11) is 0. The number of ketones is 1. The summed E-state index contributed by atoms with van der Waals surface area (Å²) in [6.45, 7) is 10.8. The molecular weight excluding hydrogens is 298 g/mol. The van der Waals surface area contributed by atoms with Gasteiger partial charge in [-0.25, -0.2) is 14.5 Å². The highest BCUT2D eigenvalue weighted by Crippen LogP contribution is 2.56. The Hall–Kier alpha value is -1.59. The summed E-state index contributed by atoms with van der Waals surface area (Å²) >= 11 is 0. The number of amides is 2. The molecule has 0 N–H and O–H groups in total. The van der Waals surface area contributed by atoms with Crippen LogP contribution >= 0.6 is 0 Å². The Balaban J connectivity index is 2.04. The topological polar surface area (TPSA) is 72.9 Å². The van der Waals surface area contributed by atoms with E-state index in [1.54, 1.807) is 41.5 Å². The SMILES string of the molecule is CC(C)(C)OC(=O)N(CC1[C@H]2CC(=O)C[C@@H]12)C(=O)OC(C)(C)C. The number of carbonyl (C=O) groups is 3. The summed E-state index contributed by atoms with van der Waals surface area (Å²) in [5.41, 5.74) is -1.38. The van der Waals surface area contributed by atoms with Gasteiger partial charge in [-0.05, 0) is 59.3 Å². The standard InChI is InChI=1S/C17H27NO5/c1-16(2,3)22-14(20)18(15(21)23-17(4,5)6)9-13-11-7-10(19)8-12(11)13/h11-13H,7-9H2,1-6H3/t11-,12+,13?. The van der Waals surface area contributed by atoms with Crippen LogP contribution in [-0.2, 0) is 14.3 Å². The second-order valence-corrected chi connectivity index (χ2v) is 8.51. The van der Waals surface area contributed by atoms with E-state index in [9.17, 15) is 14.4 Å². The Morgan fingerprint density at radius 2 is 1.35 bits per heavy atom. The van der Waals surface area contributed by atoms with Crippen LogP contribution in [0.5, 0.6) is 0 Å². The van der Waals surface area contributed by atoms with Gasteiger partial charge >= 0.3 is 12.2 Å². The first-order valence-corrected chi connectivity index (χ1v) is 8.12. The predicted molar refractivity (Wildman–Crippen MR) is 83.9 cm³/mol. The van der Waals surface area contributed by atoms with E-state index in [0.717, 1.165) is 4.90 Å². The van der Waals surface area contributed by atoms with Gasteiger partial charge in [0.2, 0.25) is 0 Å². The molecule has 2 aliphatic rings. The van der Waals surface area contributed by atoms with Gasteiger partial charge in [-0.1, -0.05) is 0 Å². The fraction of sp³-hybridized carbons (Fsp3) is 0.824. The van der Waals surface area contributed by atoms with Crippen molar-refractivity contribution in [3.63, 3.8) is 0 Å². The average Bonchev–Trinajstić information content (AvgIpc) is 2.74. The van der Waals surface area contributed by atoms with Crippen molar-refractivity contribution in [2.75, 3.05) is 6.54 Å². The van der Waals surface area contributed by atoms with Crippen molar-refractivity contribution in [3.05, 3.63) is 0 Å². The van der Waals surface area contributed by atoms with Gasteiger partial charge in [-0.3, -0.25) is 4.79 Å². The van der Waals surface area contributed by atoms with Crippen molar-refractivity contribution in [2.24, 2.45) is 17.8 Å². The molecule has 2 amide bonds. The molecule has 2 fully saturated rings. The molecule has 1 unspecified atom stereocenters. The lowest BCUT2D eigenvalue weighted by molar-refractivity contribution is -0.118. The maximum Gasteiger partial charge on any atom is 0.419 e. The molecule has 2 aliphatic carbocycles. The van der Waals surface area contributed by atoms with Gasteiger partial charge in [0.05, 0.1) is 0 Å². The first kappa shape index (κ1) is 17.8. The van der Waals surface area contributed by atoms with Crippen LogP contribution in [0, 0.1) is 17.8 Å². The second-order valence-electron chi connectivity index (χ2n) is 8.51. The van der Waals surface area contributed by atoms with E-state index in [2.05, 4.69) is 0 Å². The van der Waals surface area contributed by atoms with Crippen LogP contribution in [0.3, 0.4) is 0 Å². The minimum absolute atomic E-state index is 0.188. The van der Waals surface area contributed by atoms with Gasteiger partial charge in [0.15, 0.2) is 0 Å². The zero-order chi connectivity index (χ0) is 17.6. The third kappa shape index (κ3) is 4.69. The molecular formula is C17H27NO5. The molecule has 0 saturated heterocycles. The van der Waals surface area contributed by atoms with E-state index in [-0.39, 0.29) is 18.2 Å². The van der Waals surface area contributed by atoms with E-state index < -0.39 is 23.4 Å². The lowest BCUT2D eigenvalue weighted by Crippen LogP contribution is -2.44. The molecule has 0 aromatic rings.